The third-order valence-corrected chi connectivity index (χ3v) is 5.17. The van der Waals surface area contributed by atoms with Gasteiger partial charge in [-0.05, 0) is 37.0 Å². The minimum absolute atomic E-state index is 0.00773. The van der Waals surface area contributed by atoms with E-state index >= 15 is 0 Å². The van der Waals surface area contributed by atoms with E-state index in [1.54, 1.807) is 18.2 Å². The Bertz CT molecular complexity index is 729. The molecular formula is C19H23Cl2N3O. The third kappa shape index (κ3) is 4.36. The van der Waals surface area contributed by atoms with E-state index in [2.05, 4.69) is 29.6 Å². The maximum Gasteiger partial charge on any atom is 0.253 e. The fourth-order valence-electron chi connectivity index (χ4n) is 3.43. The van der Waals surface area contributed by atoms with E-state index in [1.165, 1.54) is 0 Å². The largest absolute Gasteiger partial charge is 0.339 e. The Morgan fingerprint density at radius 1 is 1.20 bits per heavy atom. The van der Waals surface area contributed by atoms with Gasteiger partial charge in [0.25, 0.3) is 5.91 Å². The van der Waals surface area contributed by atoms with Gasteiger partial charge in [0.1, 0.15) is 5.82 Å². The molecule has 0 unspecified atom stereocenters. The van der Waals surface area contributed by atoms with Gasteiger partial charge in [0.15, 0.2) is 0 Å². The zero-order valence-corrected chi connectivity index (χ0v) is 16.1. The molecule has 3 rings (SSSR count). The second-order valence-electron chi connectivity index (χ2n) is 6.99. The number of aromatic nitrogens is 2. The highest BCUT2D eigenvalue weighted by atomic mass is 35.5. The Labute approximate surface area is 158 Å². The molecule has 0 spiro atoms. The van der Waals surface area contributed by atoms with Crippen LogP contribution < -0.4 is 0 Å². The van der Waals surface area contributed by atoms with Crippen molar-refractivity contribution in [2.45, 2.75) is 39.2 Å². The molecule has 1 fully saturated rings. The minimum atomic E-state index is 0.00773. The summed E-state index contributed by atoms with van der Waals surface area (Å²) in [4.78, 5) is 19.0. The van der Waals surface area contributed by atoms with Crippen LogP contribution in [0.2, 0.25) is 10.0 Å². The zero-order chi connectivity index (χ0) is 18.0. The van der Waals surface area contributed by atoms with E-state index in [1.807, 2.05) is 11.1 Å². The molecule has 0 bridgehead atoms. The average molecular weight is 380 g/mol. The first-order chi connectivity index (χ1) is 11.9. The molecule has 6 heteroatoms. The van der Waals surface area contributed by atoms with E-state index in [9.17, 15) is 4.79 Å². The lowest BCUT2D eigenvalue weighted by atomic mass is 9.96. The van der Waals surface area contributed by atoms with Crippen molar-refractivity contribution in [1.29, 1.82) is 0 Å². The molecule has 0 saturated carbocycles. The monoisotopic (exact) mass is 379 g/mol. The van der Waals surface area contributed by atoms with Gasteiger partial charge in [-0.3, -0.25) is 4.79 Å². The second-order valence-corrected chi connectivity index (χ2v) is 7.86. The summed E-state index contributed by atoms with van der Waals surface area (Å²) in [7, 11) is 0. The first-order valence-electron chi connectivity index (χ1n) is 8.70. The molecule has 1 aliphatic heterocycles. The average Bonchev–Trinajstić information content (AvgIpc) is 3.02. The number of carbonyl (C=O) groups is 1. The summed E-state index contributed by atoms with van der Waals surface area (Å²) in [5, 5.41) is 0.985. The van der Waals surface area contributed by atoms with Gasteiger partial charge in [-0.25, -0.2) is 4.98 Å². The molecule has 1 aromatic heterocycles. The molecule has 25 heavy (non-hydrogen) atoms. The third-order valence-electron chi connectivity index (χ3n) is 4.73. The fraction of sp³-hybridized carbons (Fsp3) is 0.474. The molecule has 2 aromatic rings. The zero-order valence-electron chi connectivity index (χ0n) is 14.6. The van der Waals surface area contributed by atoms with Crippen LogP contribution in [0, 0.1) is 5.92 Å². The Kier molecular flexibility index (Phi) is 5.70. The van der Waals surface area contributed by atoms with E-state index in [-0.39, 0.29) is 5.91 Å². The van der Waals surface area contributed by atoms with Gasteiger partial charge in [-0.15, -0.1) is 0 Å². The van der Waals surface area contributed by atoms with Crippen LogP contribution >= 0.6 is 23.2 Å². The number of rotatable bonds is 4. The summed E-state index contributed by atoms with van der Waals surface area (Å²) in [5.74, 6) is 2.13. The van der Waals surface area contributed by atoms with Crippen molar-refractivity contribution >= 4 is 29.1 Å². The molecule has 4 nitrogen and oxygen atoms in total. The van der Waals surface area contributed by atoms with Crippen LogP contribution in [0.5, 0.6) is 0 Å². The van der Waals surface area contributed by atoms with Crippen molar-refractivity contribution in [3.05, 3.63) is 52.0 Å². The molecule has 1 saturated heterocycles. The number of hydrogen-bond donors (Lipinski definition) is 0. The number of imidazole rings is 1. The summed E-state index contributed by atoms with van der Waals surface area (Å²) in [6.07, 6.45) is 5.92. The van der Waals surface area contributed by atoms with Crippen LogP contribution in [0.3, 0.4) is 0 Å². The number of piperidine rings is 1. The predicted octanol–water partition coefficient (Wildman–Crippen LogP) is 4.87. The summed E-state index contributed by atoms with van der Waals surface area (Å²) >= 11 is 12.0. The molecule has 134 valence electrons. The van der Waals surface area contributed by atoms with Crippen molar-refractivity contribution in [1.82, 2.24) is 14.5 Å². The second kappa shape index (κ2) is 7.79. The Hall–Kier alpha value is -1.52. The van der Waals surface area contributed by atoms with Gasteiger partial charge in [0.05, 0.1) is 0 Å². The van der Waals surface area contributed by atoms with Crippen molar-refractivity contribution < 1.29 is 4.79 Å². The molecule has 1 aromatic carbocycles. The number of hydrogen-bond acceptors (Lipinski definition) is 2. The van der Waals surface area contributed by atoms with E-state index in [0.717, 1.165) is 38.3 Å². The molecule has 0 N–H and O–H groups in total. The standard InChI is InChI=1S/C19H23Cl2N3O/c1-13(2)18-22-5-8-24(18)12-14-3-6-23(7-4-14)19(25)15-9-16(20)11-17(21)10-15/h5,8-11,13-14H,3-4,6-7,12H2,1-2H3. The van der Waals surface area contributed by atoms with Gasteiger partial charge < -0.3 is 9.47 Å². The normalized spacial score (nSPS) is 15.8. The number of benzene rings is 1. The van der Waals surface area contributed by atoms with Gasteiger partial charge >= 0.3 is 0 Å². The van der Waals surface area contributed by atoms with Crippen molar-refractivity contribution in [3.63, 3.8) is 0 Å². The lowest BCUT2D eigenvalue weighted by Gasteiger charge is -2.32. The van der Waals surface area contributed by atoms with E-state index < -0.39 is 0 Å². The fourth-order valence-corrected chi connectivity index (χ4v) is 3.96. The summed E-state index contributed by atoms with van der Waals surface area (Å²) < 4.78 is 2.25. The number of likely N-dealkylation sites (tertiary alicyclic amines) is 1. The van der Waals surface area contributed by atoms with Gasteiger partial charge in [0.2, 0.25) is 0 Å². The van der Waals surface area contributed by atoms with E-state index in [0.29, 0.717) is 27.4 Å². The number of nitrogens with zero attached hydrogens (tertiary/aromatic N) is 3. The Morgan fingerprint density at radius 3 is 2.44 bits per heavy atom. The Balaban J connectivity index is 1.60. The highest BCUT2D eigenvalue weighted by Gasteiger charge is 2.25. The van der Waals surface area contributed by atoms with Crippen LogP contribution in [0.4, 0.5) is 0 Å². The summed E-state index contributed by atoms with van der Waals surface area (Å²) in [5.41, 5.74) is 0.563. The van der Waals surface area contributed by atoms with Gasteiger partial charge in [-0.2, -0.15) is 0 Å². The minimum Gasteiger partial charge on any atom is -0.339 e. The molecule has 1 aliphatic rings. The lowest BCUT2D eigenvalue weighted by Crippen LogP contribution is -2.39. The quantitative estimate of drug-likeness (QED) is 0.759. The van der Waals surface area contributed by atoms with Crippen molar-refractivity contribution in [2.24, 2.45) is 5.92 Å². The molecule has 0 aliphatic carbocycles. The van der Waals surface area contributed by atoms with Crippen LogP contribution in [-0.4, -0.2) is 33.4 Å². The maximum atomic E-state index is 12.7. The summed E-state index contributed by atoms with van der Waals surface area (Å²) in [6, 6.07) is 5.01. The first kappa shape index (κ1) is 18.3. The molecule has 0 radical (unpaired) electrons. The topological polar surface area (TPSA) is 38.1 Å². The van der Waals surface area contributed by atoms with Gasteiger partial charge in [0, 0.05) is 53.6 Å². The first-order valence-corrected chi connectivity index (χ1v) is 9.46. The lowest BCUT2D eigenvalue weighted by molar-refractivity contribution is 0.0682. The highest BCUT2D eigenvalue weighted by Crippen LogP contribution is 2.25. The summed E-state index contributed by atoms with van der Waals surface area (Å²) in [6.45, 7) is 6.82. The van der Waals surface area contributed by atoms with Crippen LogP contribution in [0.15, 0.2) is 30.6 Å². The molecule has 0 atom stereocenters. The van der Waals surface area contributed by atoms with Crippen LogP contribution in [0.1, 0.15) is 48.8 Å². The van der Waals surface area contributed by atoms with E-state index in [4.69, 9.17) is 23.2 Å². The number of carbonyl (C=O) groups excluding carboxylic acids is 1. The molecular weight excluding hydrogens is 357 g/mol. The SMILES string of the molecule is CC(C)c1nccn1CC1CCN(C(=O)c2cc(Cl)cc(Cl)c2)CC1. The van der Waals surface area contributed by atoms with Crippen LogP contribution in [0.25, 0.3) is 0 Å². The smallest absolute Gasteiger partial charge is 0.253 e. The Morgan fingerprint density at radius 2 is 1.84 bits per heavy atom. The highest BCUT2D eigenvalue weighted by molar-refractivity contribution is 6.35. The number of halogens is 2. The van der Waals surface area contributed by atoms with Crippen molar-refractivity contribution in [2.75, 3.05) is 13.1 Å². The molecule has 2 heterocycles. The van der Waals surface area contributed by atoms with Crippen molar-refractivity contribution in [3.8, 4) is 0 Å². The number of amides is 1. The maximum absolute atomic E-state index is 12.7. The molecule has 1 amide bonds. The van der Waals surface area contributed by atoms with Crippen LogP contribution in [-0.2, 0) is 6.54 Å². The predicted molar refractivity (Wildman–Crippen MR) is 101 cm³/mol. The van der Waals surface area contributed by atoms with Gasteiger partial charge in [-0.1, -0.05) is 37.0 Å².